The Morgan fingerprint density at radius 2 is 2.00 bits per heavy atom. The summed E-state index contributed by atoms with van der Waals surface area (Å²) < 4.78 is 13.3. The molecule has 1 unspecified atom stereocenters. The normalized spacial score (nSPS) is 11.8. The van der Waals surface area contributed by atoms with Crippen LogP contribution in [0.15, 0.2) is 42.5 Å². The Balaban J connectivity index is 2.24. The van der Waals surface area contributed by atoms with Crippen molar-refractivity contribution in [1.29, 1.82) is 0 Å². The molecule has 0 bridgehead atoms. The molecule has 0 aliphatic rings. The molecule has 110 valence electrons. The number of benzene rings is 2. The molecule has 2 aromatic carbocycles. The van der Waals surface area contributed by atoms with Gasteiger partial charge in [-0.3, -0.25) is 4.79 Å². The van der Waals surface area contributed by atoms with Gasteiger partial charge in [-0.05, 0) is 42.8 Å². The zero-order chi connectivity index (χ0) is 15.4. The molecular formula is C16H18FN3O. The molecule has 0 saturated heterocycles. The van der Waals surface area contributed by atoms with Crippen LogP contribution >= 0.6 is 0 Å². The number of rotatable bonds is 4. The number of nitrogens with two attached hydrogens (primary N) is 1. The van der Waals surface area contributed by atoms with Crippen molar-refractivity contribution < 1.29 is 9.18 Å². The lowest BCUT2D eigenvalue weighted by Gasteiger charge is -2.18. The van der Waals surface area contributed by atoms with E-state index in [1.165, 1.54) is 12.1 Å². The van der Waals surface area contributed by atoms with E-state index < -0.39 is 0 Å². The largest absolute Gasteiger partial charge is 0.397 e. The predicted molar refractivity (Wildman–Crippen MR) is 82.7 cm³/mol. The summed E-state index contributed by atoms with van der Waals surface area (Å²) in [7, 11) is 1.57. The van der Waals surface area contributed by atoms with Crippen LogP contribution in [-0.4, -0.2) is 13.0 Å². The highest BCUT2D eigenvalue weighted by Gasteiger charge is 2.11. The van der Waals surface area contributed by atoms with Crippen LogP contribution in [0.4, 0.5) is 15.8 Å². The summed E-state index contributed by atoms with van der Waals surface area (Å²) in [5.41, 5.74) is 8.42. The van der Waals surface area contributed by atoms with Crippen LogP contribution in [-0.2, 0) is 0 Å². The van der Waals surface area contributed by atoms with Gasteiger partial charge < -0.3 is 16.4 Å². The number of hydrogen-bond acceptors (Lipinski definition) is 3. The minimum atomic E-state index is -0.284. The van der Waals surface area contributed by atoms with Crippen LogP contribution in [0.3, 0.4) is 0 Å². The maximum atomic E-state index is 13.3. The summed E-state index contributed by atoms with van der Waals surface area (Å²) in [5.74, 6) is -0.468. The number of amides is 1. The zero-order valence-electron chi connectivity index (χ0n) is 12.0. The number of halogens is 1. The van der Waals surface area contributed by atoms with Gasteiger partial charge in [0, 0.05) is 18.7 Å². The van der Waals surface area contributed by atoms with Crippen molar-refractivity contribution in [2.75, 3.05) is 18.1 Å². The fourth-order valence-electron chi connectivity index (χ4n) is 2.06. The van der Waals surface area contributed by atoms with Gasteiger partial charge in [0.2, 0.25) is 0 Å². The second kappa shape index (κ2) is 6.26. The van der Waals surface area contributed by atoms with E-state index in [2.05, 4.69) is 10.6 Å². The zero-order valence-corrected chi connectivity index (χ0v) is 12.0. The molecule has 0 aromatic heterocycles. The third-order valence-electron chi connectivity index (χ3n) is 3.26. The molecule has 4 nitrogen and oxygen atoms in total. The Labute approximate surface area is 123 Å². The van der Waals surface area contributed by atoms with Gasteiger partial charge in [-0.2, -0.15) is 0 Å². The van der Waals surface area contributed by atoms with Gasteiger partial charge in [0.1, 0.15) is 5.82 Å². The van der Waals surface area contributed by atoms with E-state index in [1.807, 2.05) is 13.0 Å². The first kappa shape index (κ1) is 14.8. The van der Waals surface area contributed by atoms with Crippen LogP contribution in [0, 0.1) is 5.82 Å². The molecule has 0 spiro atoms. The average molecular weight is 287 g/mol. The molecule has 21 heavy (non-hydrogen) atoms. The third kappa shape index (κ3) is 3.51. The van der Waals surface area contributed by atoms with Gasteiger partial charge in [-0.15, -0.1) is 0 Å². The molecule has 0 saturated carbocycles. The van der Waals surface area contributed by atoms with Crippen LogP contribution in [0.1, 0.15) is 28.9 Å². The van der Waals surface area contributed by atoms with E-state index in [1.54, 1.807) is 31.3 Å². The van der Waals surface area contributed by atoms with Crippen molar-refractivity contribution in [3.05, 3.63) is 59.4 Å². The van der Waals surface area contributed by atoms with Gasteiger partial charge in [0.15, 0.2) is 0 Å². The van der Waals surface area contributed by atoms with E-state index >= 15 is 0 Å². The molecular weight excluding hydrogens is 269 g/mol. The molecule has 0 radical (unpaired) electrons. The van der Waals surface area contributed by atoms with E-state index in [-0.39, 0.29) is 17.8 Å². The van der Waals surface area contributed by atoms with E-state index in [4.69, 9.17) is 5.73 Å². The van der Waals surface area contributed by atoms with Crippen LogP contribution < -0.4 is 16.4 Å². The highest BCUT2D eigenvalue weighted by Crippen LogP contribution is 2.25. The summed E-state index contributed by atoms with van der Waals surface area (Å²) >= 11 is 0. The minimum Gasteiger partial charge on any atom is -0.397 e. The molecule has 0 aliphatic carbocycles. The Bertz CT molecular complexity index is 658. The molecule has 5 heteroatoms. The summed E-state index contributed by atoms with van der Waals surface area (Å²) in [5, 5.41) is 5.76. The average Bonchev–Trinajstić information content (AvgIpc) is 2.48. The second-order valence-electron chi connectivity index (χ2n) is 4.80. The molecule has 0 heterocycles. The minimum absolute atomic E-state index is 0.136. The van der Waals surface area contributed by atoms with Gasteiger partial charge in [-0.25, -0.2) is 4.39 Å². The van der Waals surface area contributed by atoms with Crippen LogP contribution in [0.5, 0.6) is 0 Å². The number of hydrogen-bond donors (Lipinski definition) is 3. The predicted octanol–water partition coefficient (Wildman–Crippen LogP) is 2.94. The molecule has 2 rings (SSSR count). The van der Waals surface area contributed by atoms with Crippen LogP contribution in [0.25, 0.3) is 0 Å². The number of carbonyl (C=O) groups excluding carboxylic acids is 1. The number of carbonyl (C=O) groups is 1. The first-order chi connectivity index (χ1) is 10.0. The van der Waals surface area contributed by atoms with E-state index in [9.17, 15) is 9.18 Å². The smallest absolute Gasteiger partial charge is 0.251 e. The summed E-state index contributed by atoms with van der Waals surface area (Å²) in [6, 6.07) is 11.2. The lowest BCUT2D eigenvalue weighted by Crippen LogP contribution is -2.18. The van der Waals surface area contributed by atoms with Crippen molar-refractivity contribution in [1.82, 2.24) is 5.32 Å². The number of anilines is 2. The Hall–Kier alpha value is -2.56. The highest BCUT2D eigenvalue weighted by atomic mass is 19.1. The van der Waals surface area contributed by atoms with Gasteiger partial charge in [0.05, 0.1) is 11.4 Å². The fraction of sp³-hybridized carbons (Fsp3) is 0.188. The molecule has 2 aromatic rings. The first-order valence-electron chi connectivity index (χ1n) is 6.65. The van der Waals surface area contributed by atoms with Crippen molar-refractivity contribution in [3.8, 4) is 0 Å². The summed E-state index contributed by atoms with van der Waals surface area (Å²) in [4.78, 5) is 11.6. The second-order valence-corrected chi connectivity index (χ2v) is 4.80. The van der Waals surface area contributed by atoms with Crippen molar-refractivity contribution in [3.63, 3.8) is 0 Å². The van der Waals surface area contributed by atoms with Crippen LogP contribution in [0.2, 0.25) is 0 Å². The van der Waals surface area contributed by atoms with Crippen molar-refractivity contribution >= 4 is 17.3 Å². The number of nitrogens with one attached hydrogen (secondary N) is 2. The maximum absolute atomic E-state index is 13.3. The first-order valence-corrected chi connectivity index (χ1v) is 6.65. The summed E-state index contributed by atoms with van der Waals surface area (Å²) in [6.07, 6.45) is 0. The van der Waals surface area contributed by atoms with E-state index in [0.717, 1.165) is 5.56 Å². The van der Waals surface area contributed by atoms with E-state index in [0.29, 0.717) is 16.9 Å². The Morgan fingerprint density at radius 1 is 1.24 bits per heavy atom. The molecule has 0 fully saturated rings. The lowest BCUT2D eigenvalue weighted by molar-refractivity contribution is 0.0963. The molecule has 1 amide bonds. The Kier molecular flexibility index (Phi) is 4.42. The molecule has 0 aliphatic heterocycles. The van der Waals surface area contributed by atoms with Gasteiger partial charge in [0.25, 0.3) is 5.91 Å². The summed E-state index contributed by atoms with van der Waals surface area (Å²) in [6.45, 7) is 1.90. The third-order valence-corrected chi connectivity index (χ3v) is 3.26. The SMILES string of the molecule is CNC(=O)c1ccc(N)c(NC(C)c2cccc(F)c2)c1. The quantitative estimate of drug-likeness (QED) is 0.757. The lowest BCUT2D eigenvalue weighted by atomic mass is 10.1. The van der Waals surface area contributed by atoms with Gasteiger partial charge >= 0.3 is 0 Å². The van der Waals surface area contributed by atoms with Gasteiger partial charge in [-0.1, -0.05) is 12.1 Å². The van der Waals surface area contributed by atoms with Crippen molar-refractivity contribution in [2.24, 2.45) is 0 Å². The monoisotopic (exact) mass is 287 g/mol. The fourth-order valence-corrected chi connectivity index (χ4v) is 2.06. The standard InChI is InChI=1S/C16H18FN3O/c1-10(11-4-3-5-13(17)8-11)20-15-9-12(16(21)19-2)6-7-14(15)18/h3-10,20H,18H2,1-2H3,(H,19,21). The Morgan fingerprint density at radius 3 is 2.67 bits per heavy atom. The molecule has 1 atom stereocenters. The highest BCUT2D eigenvalue weighted by molar-refractivity contribution is 5.96. The topological polar surface area (TPSA) is 67.2 Å². The number of nitrogen functional groups attached to an aromatic ring is 1. The molecule has 4 N–H and O–H groups in total. The maximum Gasteiger partial charge on any atom is 0.251 e. The van der Waals surface area contributed by atoms with Crippen molar-refractivity contribution in [2.45, 2.75) is 13.0 Å².